The van der Waals surface area contributed by atoms with Crippen LogP contribution in [-0.2, 0) is 6.54 Å². The number of methoxy groups -OCH3 is 1. The van der Waals surface area contributed by atoms with Gasteiger partial charge in [-0.05, 0) is 41.0 Å². The minimum atomic E-state index is -0.249. The largest absolute Gasteiger partial charge is 0.497 e. The van der Waals surface area contributed by atoms with Crippen molar-refractivity contribution in [3.63, 3.8) is 0 Å². The van der Waals surface area contributed by atoms with Crippen LogP contribution in [0.5, 0.6) is 5.75 Å². The molecule has 0 aliphatic rings. The minimum absolute atomic E-state index is 0.249. The molecule has 0 spiro atoms. The average Bonchev–Trinajstić information content (AvgIpc) is 2.38. The van der Waals surface area contributed by atoms with Crippen molar-refractivity contribution in [3.05, 3.63) is 53.8 Å². The van der Waals surface area contributed by atoms with E-state index >= 15 is 0 Å². The molecule has 0 aliphatic heterocycles. The predicted molar refractivity (Wildman–Crippen MR) is 66.3 cm³/mol. The highest BCUT2D eigenvalue weighted by atomic mass is 19.1. The molecule has 0 aliphatic carbocycles. The molecule has 0 saturated carbocycles. The zero-order valence-corrected chi connectivity index (χ0v) is 9.61. The lowest BCUT2D eigenvalue weighted by atomic mass is 9.99. The second-order valence-electron chi connectivity index (χ2n) is 3.74. The summed E-state index contributed by atoms with van der Waals surface area (Å²) in [5.74, 6) is 0.506. The fraction of sp³-hybridized carbons (Fsp3) is 0.143. The zero-order valence-electron chi connectivity index (χ0n) is 9.61. The van der Waals surface area contributed by atoms with Crippen LogP contribution >= 0.6 is 0 Å². The molecule has 88 valence electrons. The normalized spacial score (nSPS) is 10.3. The van der Waals surface area contributed by atoms with E-state index in [0.717, 1.165) is 22.4 Å². The Kier molecular flexibility index (Phi) is 3.40. The lowest BCUT2D eigenvalue weighted by molar-refractivity contribution is 0.414. The summed E-state index contributed by atoms with van der Waals surface area (Å²) < 4.78 is 18.3. The SMILES string of the molecule is COc1ccc(-c2cccc(F)c2)c(CN)c1. The molecule has 0 radical (unpaired) electrons. The van der Waals surface area contributed by atoms with Crippen molar-refractivity contribution in [3.8, 4) is 16.9 Å². The van der Waals surface area contributed by atoms with Gasteiger partial charge < -0.3 is 10.5 Å². The average molecular weight is 231 g/mol. The summed E-state index contributed by atoms with van der Waals surface area (Å²) >= 11 is 0. The lowest BCUT2D eigenvalue weighted by Gasteiger charge is -2.10. The topological polar surface area (TPSA) is 35.2 Å². The van der Waals surface area contributed by atoms with E-state index in [1.165, 1.54) is 12.1 Å². The summed E-state index contributed by atoms with van der Waals surface area (Å²) in [4.78, 5) is 0. The third kappa shape index (κ3) is 2.45. The van der Waals surface area contributed by atoms with Gasteiger partial charge >= 0.3 is 0 Å². The van der Waals surface area contributed by atoms with Crippen LogP contribution < -0.4 is 10.5 Å². The monoisotopic (exact) mass is 231 g/mol. The van der Waals surface area contributed by atoms with Crippen LogP contribution in [0.15, 0.2) is 42.5 Å². The maximum absolute atomic E-state index is 13.2. The zero-order chi connectivity index (χ0) is 12.3. The first kappa shape index (κ1) is 11.6. The summed E-state index contributed by atoms with van der Waals surface area (Å²) in [6.45, 7) is 0.392. The summed E-state index contributed by atoms with van der Waals surface area (Å²) in [7, 11) is 1.61. The first-order valence-electron chi connectivity index (χ1n) is 5.37. The minimum Gasteiger partial charge on any atom is -0.497 e. The number of hydrogen-bond donors (Lipinski definition) is 1. The molecule has 3 heteroatoms. The van der Waals surface area contributed by atoms with Gasteiger partial charge in [-0.2, -0.15) is 0 Å². The van der Waals surface area contributed by atoms with Gasteiger partial charge in [0.2, 0.25) is 0 Å². The van der Waals surface area contributed by atoms with Gasteiger partial charge in [-0.15, -0.1) is 0 Å². The molecule has 0 amide bonds. The van der Waals surface area contributed by atoms with Crippen molar-refractivity contribution < 1.29 is 9.13 Å². The van der Waals surface area contributed by atoms with Crippen molar-refractivity contribution >= 4 is 0 Å². The van der Waals surface area contributed by atoms with Gasteiger partial charge in [0.1, 0.15) is 11.6 Å². The first-order chi connectivity index (χ1) is 8.24. The van der Waals surface area contributed by atoms with Crippen molar-refractivity contribution in [2.24, 2.45) is 5.73 Å². The molecule has 2 N–H and O–H groups in total. The van der Waals surface area contributed by atoms with E-state index in [1.54, 1.807) is 13.2 Å². The van der Waals surface area contributed by atoms with Crippen LogP contribution in [0, 0.1) is 5.82 Å². The van der Waals surface area contributed by atoms with E-state index < -0.39 is 0 Å². The van der Waals surface area contributed by atoms with E-state index in [-0.39, 0.29) is 5.82 Å². The molecule has 17 heavy (non-hydrogen) atoms. The summed E-state index contributed by atoms with van der Waals surface area (Å²) in [5.41, 5.74) is 8.40. The molecule has 0 atom stereocenters. The second-order valence-corrected chi connectivity index (χ2v) is 3.74. The maximum atomic E-state index is 13.2. The predicted octanol–water partition coefficient (Wildman–Crippen LogP) is 2.96. The molecular weight excluding hydrogens is 217 g/mol. The number of halogens is 1. The van der Waals surface area contributed by atoms with Crippen LogP contribution in [0.2, 0.25) is 0 Å². The van der Waals surface area contributed by atoms with E-state index in [0.29, 0.717) is 6.54 Å². The maximum Gasteiger partial charge on any atom is 0.123 e. The summed E-state index contributed by atoms with van der Waals surface area (Å²) in [5, 5.41) is 0. The highest BCUT2D eigenvalue weighted by molar-refractivity contribution is 5.68. The van der Waals surface area contributed by atoms with Crippen LogP contribution in [-0.4, -0.2) is 7.11 Å². The molecule has 2 aromatic carbocycles. The highest BCUT2D eigenvalue weighted by Crippen LogP contribution is 2.27. The number of benzene rings is 2. The van der Waals surface area contributed by atoms with E-state index in [4.69, 9.17) is 10.5 Å². The summed E-state index contributed by atoms with van der Waals surface area (Å²) in [6, 6.07) is 12.1. The second kappa shape index (κ2) is 4.97. The molecule has 0 heterocycles. The lowest BCUT2D eigenvalue weighted by Crippen LogP contribution is -2.00. The van der Waals surface area contributed by atoms with Crippen LogP contribution in [0.4, 0.5) is 4.39 Å². The fourth-order valence-electron chi connectivity index (χ4n) is 1.80. The Morgan fingerprint density at radius 3 is 2.65 bits per heavy atom. The van der Waals surface area contributed by atoms with E-state index in [1.807, 2.05) is 24.3 Å². The quantitative estimate of drug-likeness (QED) is 0.881. The van der Waals surface area contributed by atoms with Crippen molar-refractivity contribution in [2.75, 3.05) is 7.11 Å². The Bertz CT molecular complexity index is 525. The smallest absolute Gasteiger partial charge is 0.123 e. The molecule has 2 aromatic rings. The van der Waals surface area contributed by atoms with E-state index in [9.17, 15) is 4.39 Å². The Morgan fingerprint density at radius 2 is 2.00 bits per heavy atom. The highest BCUT2D eigenvalue weighted by Gasteiger charge is 2.06. The van der Waals surface area contributed by atoms with Crippen molar-refractivity contribution in [2.45, 2.75) is 6.54 Å². The molecule has 0 bridgehead atoms. The third-order valence-corrected chi connectivity index (χ3v) is 2.67. The number of rotatable bonds is 3. The Balaban J connectivity index is 2.51. The van der Waals surface area contributed by atoms with Crippen LogP contribution in [0.25, 0.3) is 11.1 Å². The molecule has 2 rings (SSSR count). The third-order valence-electron chi connectivity index (χ3n) is 2.67. The number of ether oxygens (including phenoxy) is 1. The van der Waals surface area contributed by atoms with Crippen molar-refractivity contribution in [1.82, 2.24) is 0 Å². The van der Waals surface area contributed by atoms with E-state index in [2.05, 4.69) is 0 Å². The van der Waals surface area contributed by atoms with Crippen LogP contribution in [0.1, 0.15) is 5.56 Å². The Hall–Kier alpha value is -1.87. The number of hydrogen-bond acceptors (Lipinski definition) is 2. The molecule has 0 fully saturated rings. The van der Waals surface area contributed by atoms with Gasteiger partial charge in [-0.1, -0.05) is 18.2 Å². The van der Waals surface area contributed by atoms with Gasteiger partial charge in [0.25, 0.3) is 0 Å². The van der Waals surface area contributed by atoms with Gasteiger partial charge in [0.05, 0.1) is 7.11 Å². The molecule has 0 unspecified atom stereocenters. The standard InChI is InChI=1S/C14H14FNO/c1-17-13-5-6-14(11(8-13)9-16)10-3-2-4-12(15)7-10/h2-8H,9,16H2,1H3. The van der Waals surface area contributed by atoms with Crippen LogP contribution in [0.3, 0.4) is 0 Å². The van der Waals surface area contributed by atoms with Gasteiger partial charge in [0.15, 0.2) is 0 Å². The van der Waals surface area contributed by atoms with Crippen molar-refractivity contribution in [1.29, 1.82) is 0 Å². The number of nitrogens with two attached hydrogens (primary N) is 1. The Morgan fingerprint density at radius 1 is 1.18 bits per heavy atom. The Labute approximate surface area is 99.8 Å². The molecular formula is C14H14FNO. The van der Waals surface area contributed by atoms with Gasteiger partial charge in [-0.3, -0.25) is 0 Å². The van der Waals surface area contributed by atoms with Gasteiger partial charge in [0, 0.05) is 6.54 Å². The first-order valence-corrected chi connectivity index (χ1v) is 5.37. The fourth-order valence-corrected chi connectivity index (χ4v) is 1.80. The summed E-state index contributed by atoms with van der Waals surface area (Å²) in [6.07, 6.45) is 0. The molecule has 0 aromatic heterocycles. The molecule has 2 nitrogen and oxygen atoms in total. The van der Waals surface area contributed by atoms with Gasteiger partial charge in [-0.25, -0.2) is 4.39 Å². The molecule has 0 saturated heterocycles.